The molecule has 2 aromatic rings. The molecule has 0 radical (unpaired) electrons. The lowest BCUT2D eigenvalue weighted by atomic mass is 10.1. The number of benzene rings is 2. The molecular formula is C15H9BrCl2N2. The molecule has 2 aromatic carbocycles. The Hall–Kier alpha value is -1.16. The van der Waals surface area contributed by atoms with Crippen LogP contribution in [0.25, 0.3) is 0 Å². The van der Waals surface area contributed by atoms with Gasteiger partial charge in [0.05, 0.1) is 11.4 Å². The van der Waals surface area contributed by atoms with E-state index in [1.807, 2.05) is 43.3 Å². The van der Waals surface area contributed by atoms with Gasteiger partial charge in [0.1, 0.15) is 10.3 Å². The average molecular weight is 368 g/mol. The maximum atomic E-state index is 6.33. The molecule has 0 amide bonds. The number of hydrogen-bond acceptors (Lipinski definition) is 2. The first-order valence-electron chi connectivity index (χ1n) is 5.94. The molecule has 0 aromatic heterocycles. The second-order valence-corrected chi connectivity index (χ2v) is 6.12. The first-order valence-corrected chi connectivity index (χ1v) is 7.49. The van der Waals surface area contributed by atoms with Gasteiger partial charge in [-0.1, -0.05) is 45.2 Å². The predicted octanol–water partition coefficient (Wildman–Crippen LogP) is 5.71. The Balaban J connectivity index is 2.30. The van der Waals surface area contributed by atoms with Crippen LogP contribution < -0.4 is 0 Å². The summed E-state index contributed by atoms with van der Waals surface area (Å²) in [5.74, 6) is 0. The van der Waals surface area contributed by atoms with Crippen molar-refractivity contribution >= 4 is 60.8 Å². The highest BCUT2D eigenvalue weighted by Gasteiger charge is 2.15. The number of aliphatic imine (C=N–C) groups is 2. The summed E-state index contributed by atoms with van der Waals surface area (Å²) in [4.78, 5) is 8.95. The van der Waals surface area contributed by atoms with Crippen molar-refractivity contribution in [3.05, 3.63) is 57.6 Å². The summed E-state index contributed by atoms with van der Waals surface area (Å²) in [5, 5.41) is 0.819. The van der Waals surface area contributed by atoms with Gasteiger partial charge in [0, 0.05) is 15.6 Å². The monoisotopic (exact) mass is 366 g/mol. The van der Waals surface area contributed by atoms with Gasteiger partial charge in [0.2, 0.25) is 0 Å². The molecule has 5 heteroatoms. The average Bonchev–Trinajstić information content (AvgIpc) is 2.37. The van der Waals surface area contributed by atoms with Crippen LogP contribution in [0.5, 0.6) is 0 Å². The summed E-state index contributed by atoms with van der Waals surface area (Å²) < 4.78 is 0.915. The van der Waals surface area contributed by atoms with Gasteiger partial charge in [-0.15, -0.1) is 0 Å². The predicted molar refractivity (Wildman–Crippen MR) is 89.4 cm³/mol. The normalized spacial score (nSPS) is 18.8. The van der Waals surface area contributed by atoms with Gasteiger partial charge >= 0.3 is 0 Å². The van der Waals surface area contributed by atoms with E-state index in [1.165, 1.54) is 0 Å². The number of fused-ring (bicyclic) bond motifs is 2. The van der Waals surface area contributed by atoms with E-state index in [9.17, 15) is 0 Å². The standard InChI is InChI=1S/C15H9BrCl2N2/c1-8-2-4-10-12(6-8)19-15(18)11-5-3-9(16)7-13(11)20-14(10)17/h2-7H,1H3/b14-10?,15-11?,19-12?,19-15+,20-13?,20-14+. The third-order valence-corrected chi connectivity index (χ3v) is 4.06. The Bertz CT molecular complexity index is 701. The topological polar surface area (TPSA) is 24.7 Å². The fourth-order valence-electron chi connectivity index (χ4n) is 2.01. The Morgan fingerprint density at radius 3 is 2.05 bits per heavy atom. The third-order valence-electron chi connectivity index (χ3n) is 2.99. The summed E-state index contributed by atoms with van der Waals surface area (Å²) in [5.41, 5.74) is 4.07. The zero-order valence-electron chi connectivity index (χ0n) is 10.5. The number of halogens is 3. The van der Waals surface area contributed by atoms with Crippen LogP contribution in [-0.4, -0.2) is 10.3 Å². The number of rotatable bonds is 0. The van der Waals surface area contributed by atoms with E-state index in [1.54, 1.807) is 0 Å². The summed E-state index contributed by atoms with van der Waals surface area (Å²) in [6.45, 7) is 2.00. The molecule has 1 heterocycles. The van der Waals surface area contributed by atoms with Crippen molar-refractivity contribution in [2.24, 2.45) is 9.98 Å². The lowest BCUT2D eigenvalue weighted by molar-refractivity contribution is 1.39. The highest BCUT2D eigenvalue weighted by atomic mass is 79.9. The van der Waals surface area contributed by atoms with Crippen LogP contribution in [0.3, 0.4) is 0 Å². The van der Waals surface area contributed by atoms with Gasteiger partial charge in [0.15, 0.2) is 0 Å². The molecule has 0 spiro atoms. The van der Waals surface area contributed by atoms with Crippen LogP contribution in [0.2, 0.25) is 0 Å². The van der Waals surface area contributed by atoms with Crippen LogP contribution in [0.15, 0.2) is 50.9 Å². The van der Waals surface area contributed by atoms with E-state index in [4.69, 9.17) is 23.2 Å². The maximum absolute atomic E-state index is 6.33. The summed E-state index contributed by atoms with van der Waals surface area (Å²) in [6.07, 6.45) is 0. The van der Waals surface area contributed by atoms with Crippen molar-refractivity contribution in [2.75, 3.05) is 0 Å². The minimum Gasteiger partial charge on any atom is -0.235 e. The first kappa shape index (κ1) is 13.8. The van der Waals surface area contributed by atoms with Crippen molar-refractivity contribution in [3.63, 3.8) is 0 Å². The van der Waals surface area contributed by atoms with Crippen LogP contribution in [-0.2, 0) is 0 Å². The van der Waals surface area contributed by atoms with Gasteiger partial charge in [-0.3, -0.25) is 0 Å². The molecule has 0 bridgehead atoms. The van der Waals surface area contributed by atoms with E-state index in [0.29, 0.717) is 16.0 Å². The van der Waals surface area contributed by atoms with Crippen molar-refractivity contribution in [2.45, 2.75) is 6.92 Å². The SMILES string of the molecule is Cc1ccc2c(c1)/N=C(/Cl)c1ccc(Br)cc1/N=C\2Cl. The molecule has 3 rings (SSSR count). The maximum Gasteiger partial charge on any atom is 0.139 e. The lowest BCUT2D eigenvalue weighted by Gasteiger charge is -2.12. The molecule has 0 atom stereocenters. The molecule has 1 aliphatic heterocycles. The molecule has 0 unspecified atom stereocenters. The summed E-state index contributed by atoms with van der Waals surface area (Å²) >= 11 is 16.1. The van der Waals surface area contributed by atoms with Crippen LogP contribution >= 0.6 is 39.1 Å². The van der Waals surface area contributed by atoms with E-state index in [0.717, 1.165) is 26.9 Å². The Kier molecular flexibility index (Phi) is 3.67. The van der Waals surface area contributed by atoms with Crippen LogP contribution in [0, 0.1) is 6.92 Å². The lowest BCUT2D eigenvalue weighted by Crippen LogP contribution is -2.00. The van der Waals surface area contributed by atoms with Gasteiger partial charge in [-0.05, 0) is 42.8 Å². The fraction of sp³-hybridized carbons (Fsp3) is 0.0667. The molecule has 0 saturated heterocycles. The largest absolute Gasteiger partial charge is 0.235 e. The third kappa shape index (κ3) is 2.53. The minimum atomic E-state index is 0.410. The molecule has 2 nitrogen and oxygen atoms in total. The van der Waals surface area contributed by atoms with Crippen molar-refractivity contribution in [3.8, 4) is 0 Å². The smallest absolute Gasteiger partial charge is 0.139 e. The Morgan fingerprint density at radius 2 is 1.40 bits per heavy atom. The van der Waals surface area contributed by atoms with E-state index >= 15 is 0 Å². The molecule has 0 fully saturated rings. The highest BCUT2D eigenvalue weighted by molar-refractivity contribution is 9.10. The van der Waals surface area contributed by atoms with Crippen molar-refractivity contribution in [1.82, 2.24) is 0 Å². The molecule has 1 aliphatic rings. The zero-order valence-corrected chi connectivity index (χ0v) is 13.6. The van der Waals surface area contributed by atoms with Crippen LogP contribution in [0.1, 0.15) is 16.7 Å². The first-order chi connectivity index (χ1) is 9.54. The van der Waals surface area contributed by atoms with Gasteiger partial charge in [0.25, 0.3) is 0 Å². The Labute approximate surface area is 135 Å². The molecule has 0 saturated carbocycles. The molecule has 0 aliphatic carbocycles. The van der Waals surface area contributed by atoms with Crippen LogP contribution in [0.4, 0.5) is 11.4 Å². The van der Waals surface area contributed by atoms with E-state index < -0.39 is 0 Å². The van der Waals surface area contributed by atoms with Gasteiger partial charge in [-0.2, -0.15) is 0 Å². The number of aryl methyl sites for hydroxylation is 1. The highest BCUT2D eigenvalue weighted by Crippen LogP contribution is 2.33. The second kappa shape index (κ2) is 5.32. The second-order valence-electron chi connectivity index (χ2n) is 4.49. The number of hydrogen-bond donors (Lipinski definition) is 0. The van der Waals surface area contributed by atoms with Gasteiger partial charge in [-0.25, -0.2) is 9.98 Å². The summed E-state index contributed by atoms with van der Waals surface area (Å²) in [7, 11) is 0. The van der Waals surface area contributed by atoms with E-state index in [-0.39, 0.29) is 0 Å². The van der Waals surface area contributed by atoms with Crippen molar-refractivity contribution < 1.29 is 0 Å². The quantitative estimate of drug-likeness (QED) is 0.570. The molecule has 20 heavy (non-hydrogen) atoms. The molecule has 100 valence electrons. The van der Waals surface area contributed by atoms with Gasteiger partial charge < -0.3 is 0 Å². The Morgan fingerprint density at radius 1 is 0.850 bits per heavy atom. The molecule has 0 N–H and O–H groups in total. The van der Waals surface area contributed by atoms with E-state index in [2.05, 4.69) is 25.9 Å². The number of nitrogens with zero attached hydrogens (tertiary/aromatic N) is 2. The zero-order chi connectivity index (χ0) is 14.3. The minimum absolute atomic E-state index is 0.410. The summed E-state index contributed by atoms with van der Waals surface area (Å²) in [6, 6.07) is 11.5. The van der Waals surface area contributed by atoms with Crippen molar-refractivity contribution in [1.29, 1.82) is 0 Å². The molecular weight excluding hydrogens is 359 g/mol. The fourth-order valence-corrected chi connectivity index (χ4v) is 2.86.